The van der Waals surface area contributed by atoms with Crippen molar-refractivity contribution in [3.8, 4) is 11.5 Å². The van der Waals surface area contributed by atoms with Crippen LogP contribution in [-0.4, -0.2) is 35.5 Å². The maximum absolute atomic E-state index is 11.0. The Morgan fingerprint density at radius 3 is 2.63 bits per heavy atom. The number of benzene rings is 2. The van der Waals surface area contributed by atoms with E-state index in [4.69, 9.17) is 19.0 Å². The van der Waals surface area contributed by atoms with Crippen LogP contribution in [0.3, 0.4) is 0 Å². The van der Waals surface area contributed by atoms with Crippen LogP contribution in [0.2, 0.25) is 0 Å². The van der Waals surface area contributed by atoms with Gasteiger partial charge in [0.25, 0.3) is 5.22 Å². The molecule has 0 fully saturated rings. The summed E-state index contributed by atoms with van der Waals surface area (Å²) in [5.74, 6) is 1.38. The highest BCUT2D eigenvalue weighted by Crippen LogP contribution is 2.29. The van der Waals surface area contributed by atoms with E-state index in [0.717, 1.165) is 11.1 Å². The molecule has 0 saturated carbocycles. The van der Waals surface area contributed by atoms with E-state index in [1.54, 1.807) is 32.4 Å². The molecule has 8 heteroatoms. The van der Waals surface area contributed by atoms with E-state index in [1.807, 2.05) is 24.3 Å². The highest BCUT2D eigenvalue weighted by atomic mass is 32.2. The van der Waals surface area contributed by atoms with E-state index in [0.29, 0.717) is 34.8 Å². The van der Waals surface area contributed by atoms with Crippen LogP contribution < -0.4 is 9.47 Å². The number of nitrogens with zero attached hydrogens (tertiary/aromatic N) is 2. The molecule has 140 valence electrons. The third-order valence-electron chi connectivity index (χ3n) is 3.79. The van der Waals surface area contributed by atoms with Crippen molar-refractivity contribution in [2.45, 2.75) is 17.4 Å². The Kier molecular flexibility index (Phi) is 5.97. The molecule has 0 aliphatic rings. The summed E-state index contributed by atoms with van der Waals surface area (Å²) in [6, 6.07) is 12.4. The van der Waals surface area contributed by atoms with Crippen molar-refractivity contribution in [2.75, 3.05) is 14.2 Å². The summed E-state index contributed by atoms with van der Waals surface area (Å²) in [5, 5.41) is 17.6. The number of rotatable bonds is 8. The topological polar surface area (TPSA) is 94.7 Å². The highest BCUT2D eigenvalue weighted by Gasteiger charge is 2.11. The molecule has 1 N–H and O–H groups in total. The van der Waals surface area contributed by atoms with Gasteiger partial charge in [-0.25, -0.2) is 4.79 Å². The molecule has 0 saturated heterocycles. The average molecular weight is 386 g/mol. The van der Waals surface area contributed by atoms with Gasteiger partial charge in [-0.1, -0.05) is 30.0 Å². The second-order valence-corrected chi connectivity index (χ2v) is 6.55. The van der Waals surface area contributed by atoms with Gasteiger partial charge in [-0.3, -0.25) is 0 Å². The third kappa shape index (κ3) is 4.79. The van der Waals surface area contributed by atoms with Crippen molar-refractivity contribution in [1.82, 2.24) is 10.2 Å². The van der Waals surface area contributed by atoms with E-state index in [2.05, 4.69) is 10.2 Å². The molecule has 0 spiro atoms. The van der Waals surface area contributed by atoms with Gasteiger partial charge in [-0.2, -0.15) is 0 Å². The summed E-state index contributed by atoms with van der Waals surface area (Å²) in [5.41, 5.74) is 2.09. The lowest BCUT2D eigenvalue weighted by Crippen LogP contribution is -1.96. The lowest BCUT2D eigenvalue weighted by atomic mass is 10.1. The zero-order valence-corrected chi connectivity index (χ0v) is 15.7. The number of aromatic carboxylic acids is 1. The predicted octanol–water partition coefficient (Wildman–Crippen LogP) is 3.67. The molecule has 0 bridgehead atoms. The Morgan fingerprint density at radius 2 is 1.89 bits per heavy atom. The molecular weight excluding hydrogens is 368 g/mol. The molecule has 3 aromatic rings. The lowest BCUT2D eigenvalue weighted by Gasteiger charge is -2.08. The number of carbonyl (C=O) groups is 1. The fourth-order valence-corrected chi connectivity index (χ4v) is 3.20. The first-order chi connectivity index (χ1) is 13.1. The average Bonchev–Trinajstić information content (AvgIpc) is 3.13. The zero-order valence-electron chi connectivity index (χ0n) is 14.8. The van der Waals surface area contributed by atoms with Crippen LogP contribution in [0.15, 0.2) is 52.1 Å². The molecule has 0 aliphatic heterocycles. The maximum atomic E-state index is 11.0. The van der Waals surface area contributed by atoms with Crippen LogP contribution in [0, 0.1) is 0 Å². The van der Waals surface area contributed by atoms with Crippen LogP contribution in [0.5, 0.6) is 11.5 Å². The number of thioether (sulfide) groups is 1. The molecule has 7 nitrogen and oxygen atoms in total. The SMILES string of the molecule is COc1ccc(Cc2nnc(SCc3cccc(C(=O)O)c3)o2)cc1OC. The van der Waals surface area contributed by atoms with Crippen LogP contribution in [-0.2, 0) is 12.2 Å². The fourth-order valence-electron chi connectivity index (χ4n) is 2.47. The van der Waals surface area contributed by atoms with Gasteiger partial charge in [-0.15, -0.1) is 10.2 Å². The number of hydrogen-bond donors (Lipinski definition) is 1. The second kappa shape index (κ2) is 8.59. The smallest absolute Gasteiger partial charge is 0.335 e. The summed E-state index contributed by atoms with van der Waals surface area (Å²) >= 11 is 1.36. The minimum absolute atomic E-state index is 0.257. The number of carboxylic acids is 1. The molecule has 2 aromatic carbocycles. The maximum Gasteiger partial charge on any atom is 0.335 e. The zero-order chi connectivity index (χ0) is 19.2. The van der Waals surface area contributed by atoms with E-state index in [-0.39, 0.29) is 5.56 Å². The van der Waals surface area contributed by atoms with Gasteiger partial charge < -0.3 is 19.0 Å². The Bertz CT molecular complexity index is 941. The largest absolute Gasteiger partial charge is 0.493 e. The number of aromatic nitrogens is 2. The molecule has 1 aromatic heterocycles. The van der Waals surface area contributed by atoms with Gasteiger partial charge in [0.15, 0.2) is 11.5 Å². The standard InChI is InChI=1S/C19H18N2O5S/c1-24-15-7-6-12(9-16(15)25-2)10-17-20-21-19(26-17)27-11-13-4-3-5-14(8-13)18(22)23/h3-9H,10-11H2,1-2H3,(H,22,23). The Labute approximate surface area is 160 Å². The minimum Gasteiger partial charge on any atom is -0.493 e. The van der Waals surface area contributed by atoms with Gasteiger partial charge in [0, 0.05) is 5.75 Å². The molecule has 0 unspecified atom stereocenters. The van der Waals surface area contributed by atoms with Crippen molar-refractivity contribution >= 4 is 17.7 Å². The summed E-state index contributed by atoms with van der Waals surface area (Å²) < 4.78 is 16.2. The molecule has 0 amide bonds. The van der Waals surface area contributed by atoms with Crippen molar-refractivity contribution in [1.29, 1.82) is 0 Å². The van der Waals surface area contributed by atoms with Crippen molar-refractivity contribution in [3.63, 3.8) is 0 Å². The van der Waals surface area contributed by atoms with E-state index < -0.39 is 5.97 Å². The van der Waals surface area contributed by atoms with Gasteiger partial charge in [0.2, 0.25) is 5.89 Å². The molecular formula is C19H18N2O5S. The molecule has 1 heterocycles. The Hall–Kier alpha value is -3.00. The fraction of sp³-hybridized carbons (Fsp3) is 0.211. The molecule has 0 atom stereocenters. The Morgan fingerprint density at radius 1 is 1.07 bits per heavy atom. The summed E-state index contributed by atoms with van der Waals surface area (Å²) in [6.07, 6.45) is 0.475. The minimum atomic E-state index is -0.947. The predicted molar refractivity (Wildman–Crippen MR) is 99.6 cm³/mol. The second-order valence-electron chi connectivity index (χ2n) is 5.62. The molecule has 27 heavy (non-hydrogen) atoms. The number of ether oxygens (including phenoxy) is 2. The first-order valence-electron chi connectivity index (χ1n) is 8.07. The first kappa shape index (κ1) is 18.8. The van der Waals surface area contributed by atoms with Gasteiger partial charge in [0.1, 0.15) is 0 Å². The molecule has 0 aliphatic carbocycles. The van der Waals surface area contributed by atoms with Crippen molar-refractivity contribution < 1.29 is 23.8 Å². The summed E-state index contributed by atoms with van der Waals surface area (Å²) in [7, 11) is 3.17. The van der Waals surface area contributed by atoms with Gasteiger partial charge >= 0.3 is 5.97 Å². The first-order valence-corrected chi connectivity index (χ1v) is 9.06. The van der Waals surface area contributed by atoms with Crippen molar-refractivity contribution in [3.05, 3.63) is 65.0 Å². The van der Waals surface area contributed by atoms with Crippen LogP contribution in [0.1, 0.15) is 27.4 Å². The number of hydrogen-bond acceptors (Lipinski definition) is 7. The normalized spacial score (nSPS) is 10.6. The summed E-state index contributed by atoms with van der Waals surface area (Å²) in [6.45, 7) is 0. The van der Waals surface area contributed by atoms with Gasteiger partial charge in [0.05, 0.1) is 26.2 Å². The molecule has 0 radical (unpaired) electrons. The third-order valence-corrected chi connectivity index (χ3v) is 4.68. The Balaban J connectivity index is 1.63. The number of methoxy groups -OCH3 is 2. The van der Waals surface area contributed by atoms with Crippen LogP contribution >= 0.6 is 11.8 Å². The summed E-state index contributed by atoms with van der Waals surface area (Å²) in [4.78, 5) is 11.0. The van der Waals surface area contributed by atoms with Crippen molar-refractivity contribution in [2.24, 2.45) is 0 Å². The van der Waals surface area contributed by atoms with Gasteiger partial charge in [-0.05, 0) is 35.4 Å². The van der Waals surface area contributed by atoms with Crippen LogP contribution in [0.4, 0.5) is 0 Å². The lowest BCUT2D eigenvalue weighted by molar-refractivity contribution is 0.0696. The monoisotopic (exact) mass is 386 g/mol. The quantitative estimate of drug-likeness (QED) is 0.586. The van der Waals surface area contributed by atoms with E-state index in [9.17, 15) is 4.79 Å². The highest BCUT2D eigenvalue weighted by molar-refractivity contribution is 7.98. The molecule has 3 rings (SSSR count). The van der Waals surface area contributed by atoms with E-state index in [1.165, 1.54) is 11.8 Å². The van der Waals surface area contributed by atoms with E-state index >= 15 is 0 Å². The number of carboxylic acid groups (broad SMARTS) is 1. The van der Waals surface area contributed by atoms with Crippen LogP contribution in [0.25, 0.3) is 0 Å².